The molecule has 0 saturated carbocycles. The van der Waals surface area contributed by atoms with Crippen molar-refractivity contribution in [3.05, 3.63) is 69.3 Å². The molecule has 11 nitrogen and oxygen atoms in total. The minimum absolute atomic E-state index is 0.0118. The van der Waals surface area contributed by atoms with Crippen LogP contribution in [0.4, 0.5) is 5.69 Å². The maximum Gasteiger partial charge on any atom is 0.269 e. The van der Waals surface area contributed by atoms with E-state index in [9.17, 15) is 32.9 Å². The summed E-state index contributed by atoms with van der Waals surface area (Å²) in [5.74, 6) is -2.19. The number of nitro benzene ring substituents is 1. The van der Waals surface area contributed by atoms with Crippen LogP contribution < -0.4 is 15.6 Å². The van der Waals surface area contributed by atoms with Gasteiger partial charge in [0.25, 0.3) is 33.4 Å². The maximum atomic E-state index is 12.3. The molecular formula is C15H10N4O7S. The molecule has 27 heavy (non-hydrogen) atoms. The van der Waals surface area contributed by atoms with Gasteiger partial charge in [-0.1, -0.05) is 0 Å². The van der Waals surface area contributed by atoms with Gasteiger partial charge in [-0.25, -0.2) is 8.42 Å². The van der Waals surface area contributed by atoms with Crippen LogP contribution >= 0.6 is 0 Å². The Morgan fingerprint density at radius 1 is 1.00 bits per heavy atom. The van der Waals surface area contributed by atoms with Crippen LogP contribution in [0.2, 0.25) is 0 Å². The normalized spacial score (nSPS) is 13.0. The Morgan fingerprint density at radius 2 is 1.63 bits per heavy atom. The van der Waals surface area contributed by atoms with E-state index in [1.165, 1.54) is 6.07 Å². The lowest BCUT2D eigenvalue weighted by molar-refractivity contribution is -0.384. The third-order valence-electron chi connectivity index (χ3n) is 3.66. The number of hydrogen-bond donors (Lipinski definition) is 3. The van der Waals surface area contributed by atoms with Gasteiger partial charge >= 0.3 is 0 Å². The number of rotatable bonds is 5. The topological polar surface area (TPSA) is 165 Å². The molecular weight excluding hydrogens is 380 g/mol. The molecule has 138 valence electrons. The number of carbonyl (C=O) groups is 3. The number of nitrogens with zero attached hydrogens (tertiary/aromatic N) is 1. The van der Waals surface area contributed by atoms with Crippen LogP contribution in [0.15, 0.2) is 47.4 Å². The summed E-state index contributed by atoms with van der Waals surface area (Å²) in [6.07, 6.45) is 0. The number of benzene rings is 2. The number of non-ortho nitro benzene ring substituents is 1. The first-order valence-corrected chi connectivity index (χ1v) is 8.74. The SMILES string of the molecule is O=C(NNS(=O)(=O)c1ccc2c(c1)C(=O)NC2=O)c1ccc([N+](=O)[O-])cc1. The lowest BCUT2D eigenvalue weighted by Crippen LogP contribution is -2.41. The van der Waals surface area contributed by atoms with Crippen LogP contribution in [0.5, 0.6) is 0 Å². The first-order chi connectivity index (χ1) is 12.7. The van der Waals surface area contributed by atoms with Crippen LogP contribution in [-0.2, 0) is 10.0 Å². The second kappa shape index (κ2) is 6.59. The van der Waals surface area contributed by atoms with Gasteiger partial charge in [-0.3, -0.25) is 35.2 Å². The van der Waals surface area contributed by atoms with Gasteiger partial charge in [0.2, 0.25) is 0 Å². The molecule has 3 N–H and O–H groups in total. The number of imide groups is 1. The molecule has 0 bridgehead atoms. The monoisotopic (exact) mass is 390 g/mol. The average Bonchev–Trinajstić information content (AvgIpc) is 2.93. The van der Waals surface area contributed by atoms with E-state index < -0.39 is 32.7 Å². The molecule has 1 aliphatic rings. The van der Waals surface area contributed by atoms with E-state index in [2.05, 4.69) is 0 Å². The first-order valence-electron chi connectivity index (χ1n) is 7.25. The fraction of sp³-hybridized carbons (Fsp3) is 0. The van der Waals surface area contributed by atoms with Gasteiger partial charge in [0, 0.05) is 17.7 Å². The molecule has 3 amide bonds. The van der Waals surface area contributed by atoms with E-state index in [4.69, 9.17) is 0 Å². The Kier molecular flexibility index (Phi) is 4.43. The van der Waals surface area contributed by atoms with Crippen molar-refractivity contribution < 1.29 is 27.7 Å². The number of sulfonamides is 1. The predicted molar refractivity (Wildman–Crippen MR) is 89.1 cm³/mol. The number of nitro groups is 1. The van der Waals surface area contributed by atoms with Crippen molar-refractivity contribution in [2.75, 3.05) is 0 Å². The summed E-state index contributed by atoms with van der Waals surface area (Å²) in [5, 5.41) is 12.6. The minimum Gasteiger partial charge on any atom is -0.288 e. The maximum absolute atomic E-state index is 12.3. The van der Waals surface area contributed by atoms with E-state index in [0.717, 1.165) is 36.4 Å². The highest BCUT2D eigenvalue weighted by Crippen LogP contribution is 2.20. The Hall–Kier alpha value is -3.64. The summed E-state index contributed by atoms with van der Waals surface area (Å²) in [6, 6.07) is 7.81. The largest absolute Gasteiger partial charge is 0.288 e. The zero-order valence-corrected chi connectivity index (χ0v) is 14.1. The molecule has 2 aromatic carbocycles. The summed E-state index contributed by atoms with van der Waals surface area (Å²) in [5.41, 5.74) is 1.68. The van der Waals surface area contributed by atoms with Gasteiger partial charge in [0.15, 0.2) is 0 Å². The average molecular weight is 390 g/mol. The van der Waals surface area contributed by atoms with Gasteiger partial charge < -0.3 is 0 Å². The summed E-state index contributed by atoms with van der Waals surface area (Å²) in [4.78, 5) is 46.5. The van der Waals surface area contributed by atoms with E-state index in [0.29, 0.717) is 0 Å². The Bertz CT molecular complexity index is 1090. The van der Waals surface area contributed by atoms with Crippen LogP contribution in [0.3, 0.4) is 0 Å². The van der Waals surface area contributed by atoms with Gasteiger partial charge in [0.1, 0.15) is 0 Å². The van der Waals surface area contributed by atoms with E-state index in [-0.39, 0.29) is 27.3 Å². The minimum atomic E-state index is -4.23. The first kappa shape index (κ1) is 18.2. The molecule has 2 aromatic rings. The smallest absolute Gasteiger partial charge is 0.269 e. The second-order valence-corrected chi connectivity index (χ2v) is 7.04. The number of hydrazine groups is 1. The highest BCUT2D eigenvalue weighted by molar-refractivity contribution is 7.89. The Morgan fingerprint density at radius 3 is 2.26 bits per heavy atom. The molecule has 0 radical (unpaired) electrons. The lowest BCUT2D eigenvalue weighted by Gasteiger charge is -2.09. The van der Waals surface area contributed by atoms with Crippen LogP contribution in [0.25, 0.3) is 0 Å². The summed E-state index contributed by atoms with van der Waals surface area (Å²) in [6.45, 7) is 0. The molecule has 0 atom stereocenters. The van der Waals surface area contributed by atoms with Crippen LogP contribution in [-0.4, -0.2) is 31.1 Å². The van der Waals surface area contributed by atoms with Crippen molar-refractivity contribution in [1.29, 1.82) is 0 Å². The number of carbonyl (C=O) groups excluding carboxylic acids is 3. The number of amides is 3. The predicted octanol–water partition coefficient (Wildman–Crippen LogP) is 0.102. The summed E-state index contributed by atoms with van der Waals surface area (Å²) >= 11 is 0. The third kappa shape index (κ3) is 3.51. The number of fused-ring (bicyclic) bond motifs is 1. The van der Waals surface area contributed by atoms with Crippen molar-refractivity contribution in [2.24, 2.45) is 0 Å². The van der Waals surface area contributed by atoms with Crippen molar-refractivity contribution in [3.63, 3.8) is 0 Å². The standard InChI is InChI=1S/C15H10N4O7S/c20-13(8-1-3-9(4-2-8)19(23)24)17-18-27(25,26)10-5-6-11-12(7-10)15(22)16-14(11)21/h1-7,18H,(H,17,20)(H,16,21,22). The number of hydrogen-bond acceptors (Lipinski definition) is 7. The highest BCUT2D eigenvalue weighted by atomic mass is 32.2. The third-order valence-corrected chi connectivity index (χ3v) is 4.90. The van der Waals surface area contributed by atoms with Crippen LogP contribution in [0.1, 0.15) is 31.1 Å². The molecule has 1 heterocycles. The molecule has 0 spiro atoms. The fourth-order valence-electron chi connectivity index (χ4n) is 2.29. The zero-order valence-electron chi connectivity index (χ0n) is 13.3. The fourth-order valence-corrected chi connectivity index (χ4v) is 3.16. The molecule has 0 saturated heterocycles. The molecule has 0 aliphatic carbocycles. The Labute approximate surface area is 151 Å². The van der Waals surface area contributed by atoms with Crippen molar-refractivity contribution in [1.82, 2.24) is 15.6 Å². The van der Waals surface area contributed by atoms with E-state index in [1.54, 1.807) is 0 Å². The van der Waals surface area contributed by atoms with Crippen molar-refractivity contribution in [3.8, 4) is 0 Å². The quantitative estimate of drug-likeness (QED) is 0.370. The van der Waals surface area contributed by atoms with Gasteiger partial charge in [-0.05, 0) is 30.3 Å². The van der Waals surface area contributed by atoms with E-state index in [1.807, 2.05) is 15.6 Å². The molecule has 3 rings (SSSR count). The van der Waals surface area contributed by atoms with Gasteiger partial charge in [-0.2, -0.15) is 0 Å². The molecule has 0 fully saturated rings. The second-order valence-electron chi connectivity index (χ2n) is 5.35. The zero-order chi connectivity index (χ0) is 19.8. The van der Waals surface area contributed by atoms with Crippen LogP contribution in [0, 0.1) is 10.1 Å². The Balaban J connectivity index is 1.74. The number of nitrogens with one attached hydrogen (secondary N) is 3. The molecule has 0 unspecified atom stereocenters. The van der Waals surface area contributed by atoms with Crippen molar-refractivity contribution >= 4 is 33.4 Å². The summed E-state index contributed by atoms with van der Waals surface area (Å²) < 4.78 is 24.5. The lowest BCUT2D eigenvalue weighted by atomic mass is 10.1. The van der Waals surface area contributed by atoms with E-state index >= 15 is 0 Å². The molecule has 12 heteroatoms. The molecule has 1 aliphatic heterocycles. The van der Waals surface area contributed by atoms with Gasteiger partial charge in [-0.15, -0.1) is 4.83 Å². The molecule has 0 aromatic heterocycles. The van der Waals surface area contributed by atoms with Crippen molar-refractivity contribution in [2.45, 2.75) is 4.90 Å². The highest BCUT2D eigenvalue weighted by Gasteiger charge is 2.29. The van der Waals surface area contributed by atoms with Gasteiger partial charge in [0.05, 0.1) is 20.9 Å². The summed E-state index contributed by atoms with van der Waals surface area (Å²) in [7, 11) is -4.23.